The monoisotopic (exact) mass is 226 g/mol. The Hall–Kier alpha value is -1.06. The van der Waals surface area contributed by atoms with E-state index in [1.54, 1.807) is 0 Å². The van der Waals surface area contributed by atoms with Crippen LogP contribution in [-0.4, -0.2) is 22.5 Å². The van der Waals surface area contributed by atoms with E-state index in [2.05, 4.69) is 5.10 Å². The fraction of sp³-hybridized carbons (Fsp3) is 0.833. The highest BCUT2D eigenvalue weighted by Crippen LogP contribution is 2.31. The van der Waals surface area contributed by atoms with Crippen LogP contribution >= 0.6 is 0 Å². The Morgan fingerprint density at radius 3 is 2.38 bits per heavy atom. The molecule has 0 saturated carbocycles. The van der Waals surface area contributed by atoms with Crippen molar-refractivity contribution in [2.45, 2.75) is 53.7 Å². The van der Waals surface area contributed by atoms with E-state index < -0.39 is 5.72 Å². The van der Waals surface area contributed by atoms with Gasteiger partial charge in [-0.3, -0.25) is 4.79 Å². The summed E-state index contributed by atoms with van der Waals surface area (Å²) in [7, 11) is 0. The number of ether oxygens (including phenoxy) is 1. The average Bonchev–Trinajstić information content (AvgIpc) is 2.56. The van der Waals surface area contributed by atoms with E-state index in [0.29, 0.717) is 5.90 Å². The van der Waals surface area contributed by atoms with Gasteiger partial charge in [0.2, 0.25) is 17.5 Å². The highest BCUT2D eigenvalue weighted by Gasteiger charge is 2.43. The molecule has 0 aromatic heterocycles. The van der Waals surface area contributed by atoms with Crippen molar-refractivity contribution < 1.29 is 9.53 Å². The summed E-state index contributed by atoms with van der Waals surface area (Å²) in [6.07, 6.45) is 0.727. The molecule has 0 N–H and O–H groups in total. The van der Waals surface area contributed by atoms with Gasteiger partial charge in [-0.25, -0.2) is 0 Å². The number of carbonyl (C=O) groups is 1. The Balaban J connectivity index is 2.98. The SMILES string of the molecule is CCC1(C)OC(C(C)C)=NN1C(=O)C(C)C. The number of hydrogen-bond acceptors (Lipinski definition) is 3. The molecule has 0 spiro atoms. The van der Waals surface area contributed by atoms with Crippen molar-refractivity contribution in [3.8, 4) is 0 Å². The van der Waals surface area contributed by atoms with Gasteiger partial charge in [0.05, 0.1) is 0 Å². The minimum Gasteiger partial charge on any atom is -0.451 e. The normalized spacial score (nSPS) is 25.0. The standard InChI is InChI=1S/C12H22N2O2/c1-7-12(6)14(11(15)9(4)5)13-10(16-12)8(2)3/h8-9H,7H2,1-6H3. The topological polar surface area (TPSA) is 41.9 Å². The summed E-state index contributed by atoms with van der Waals surface area (Å²) in [6.45, 7) is 11.7. The molecule has 1 atom stereocenters. The molecule has 16 heavy (non-hydrogen) atoms. The molecule has 1 aliphatic rings. The first-order valence-electron chi connectivity index (χ1n) is 5.93. The van der Waals surface area contributed by atoms with E-state index in [-0.39, 0.29) is 17.7 Å². The van der Waals surface area contributed by atoms with Crippen molar-refractivity contribution in [2.75, 3.05) is 0 Å². The molecule has 1 unspecified atom stereocenters. The molecule has 1 heterocycles. The Morgan fingerprint density at radius 1 is 1.44 bits per heavy atom. The lowest BCUT2D eigenvalue weighted by Gasteiger charge is -2.31. The maximum atomic E-state index is 12.0. The highest BCUT2D eigenvalue weighted by molar-refractivity contribution is 5.85. The zero-order chi connectivity index (χ0) is 12.5. The second-order valence-corrected chi connectivity index (χ2v) is 5.03. The molecular weight excluding hydrogens is 204 g/mol. The molecule has 0 bridgehead atoms. The molecule has 0 radical (unpaired) electrons. The molecule has 4 heteroatoms. The van der Waals surface area contributed by atoms with Crippen molar-refractivity contribution >= 4 is 11.8 Å². The third-order valence-corrected chi connectivity index (χ3v) is 2.82. The predicted molar refractivity (Wildman–Crippen MR) is 63.7 cm³/mol. The maximum Gasteiger partial charge on any atom is 0.248 e. The quantitative estimate of drug-likeness (QED) is 0.742. The van der Waals surface area contributed by atoms with Gasteiger partial charge in [-0.1, -0.05) is 34.6 Å². The van der Waals surface area contributed by atoms with E-state index in [1.807, 2.05) is 41.5 Å². The summed E-state index contributed by atoms with van der Waals surface area (Å²) in [5.41, 5.74) is -0.610. The number of carbonyl (C=O) groups excluding carboxylic acids is 1. The summed E-state index contributed by atoms with van der Waals surface area (Å²) in [6, 6.07) is 0. The number of hydrazone groups is 1. The molecule has 1 rings (SSSR count). The van der Waals surface area contributed by atoms with E-state index in [4.69, 9.17) is 4.74 Å². The van der Waals surface area contributed by atoms with Crippen LogP contribution in [0.15, 0.2) is 5.10 Å². The predicted octanol–water partition coefficient (Wildman–Crippen LogP) is 2.60. The van der Waals surface area contributed by atoms with Gasteiger partial charge in [0, 0.05) is 18.3 Å². The maximum absolute atomic E-state index is 12.0. The minimum atomic E-state index is -0.610. The molecule has 0 fully saturated rings. The zero-order valence-corrected chi connectivity index (χ0v) is 11.1. The average molecular weight is 226 g/mol. The van der Waals surface area contributed by atoms with Gasteiger partial charge in [-0.2, -0.15) is 5.01 Å². The first-order chi connectivity index (χ1) is 7.31. The molecule has 0 saturated heterocycles. The summed E-state index contributed by atoms with van der Waals surface area (Å²) < 4.78 is 5.80. The summed E-state index contributed by atoms with van der Waals surface area (Å²) in [5.74, 6) is 0.805. The highest BCUT2D eigenvalue weighted by atomic mass is 16.6. The van der Waals surface area contributed by atoms with Crippen LogP contribution in [0, 0.1) is 11.8 Å². The smallest absolute Gasteiger partial charge is 0.248 e. The second-order valence-electron chi connectivity index (χ2n) is 5.03. The van der Waals surface area contributed by atoms with Gasteiger partial charge in [0.25, 0.3) is 0 Å². The van der Waals surface area contributed by atoms with Gasteiger partial charge in [0.15, 0.2) is 0 Å². The fourth-order valence-electron chi connectivity index (χ4n) is 1.48. The van der Waals surface area contributed by atoms with E-state index >= 15 is 0 Å². The minimum absolute atomic E-state index is 0.0139. The first kappa shape index (κ1) is 13.0. The van der Waals surface area contributed by atoms with Gasteiger partial charge in [-0.05, 0) is 6.92 Å². The zero-order valence-electron chi connectivity index (χ0n) is 11.1. The molecule has 0 aliphatic carbocycles. The largest absolute Gasteiger partial charge is 0.451 e. The van der Waals surface area contributed by atoms with Gasteiger partial charge in [0.1, 0.15) is 0 Å². The molecule has 4 nitrogen and oxygen atoms in total. The Bertz CT molecular complexity index is 310. The summed E-state index contributed by atoms with van der Waals surface area (Å²) in [5, 5.41) is 5.82. The van der Waals surface area contributed by atoms with Crippen LogP contribution in [0.25, 0.3) is 0 Å². The Kier molecular flexibility index (Phi) is 3.61. The van der Waals surface area contributed by atoms with E-state index in [9.17, 15) is 4.79 Å². The number of hydrogen-bond donors (Lipinski definition) is 0. The number of nitrogens with zero attached hydrogens (tertiary/aromatic N) is 2. The van der Waals surface area contributed by atoms with Crippen LogP contribution in [0.3, 0.4) is 0 Å². The Morgan fingerprint density at radius 2 is 2.00 bits per heavy atom. The van der Waals surface area contributed by atoms with E-state index in [0.717, 1.165) is 6.42 Å². The van der Waals surface area contributed by atoms with Crippen LogP contribution in [-0.2, 0) is 9.53 Å². The first-order valence-corrected chi connectivity index (χ1v) is 5.93. The lowest BCUT2D eigenvalue weighted by Crippen LogP contribution is -2.46. The molecule has 1 amide bonds. The Labute approximate surface area is 97.6 Å². The van der Waals surface area contributed by atoms with Crippen LogP contribution in [0.1, 0.15) is 48.0 Å². The van der Waals surface area contributed by atoms with Crippen molar-refractivity contribution in [1.82, 2.24) is 5.01 Å². The molecule has 92 valence electrons. The number of rotatable bonds is 3. The molecular formula is C12H22N2O2. The van der Waals surface area contributed by atoms with Crippen LogP contribution in [0.5, 0.6) is 0 Å². The van der Waals surface area contributed by atoms with Crippen molar-refractivity contribution in [3.63, 3.8) is 0 Å². The van der Waals surface area contributed by atoms with Gasteiger partial charge < -0.3 is 4.74 Å². The van der Waals surface area contributed by atoms with Crippen LogP contribution in [0.2, 0.25) is 0 Å². The van der Waals surface area contributed by atoms with Gasteiger partial charge >= 0.3 is 0 Å². The third kappa shape index (κ3) is 2.20. The lowest BCUT2D eigenvalue weighted by atomic mass is 10.1. The summed E-state index contributed by atoms with van der Waals surface area (Å²) >= 11 is 0. The molecule has 1 aliphatic heterocycles. The lowest BCUT2D eigenvalue weighted by molar-refractivity contribution is -0.151. The second kappa shape index (κ2) is 4.44. The van der Waals surface area contributed by atoms with Crippen molar-refractivity contribution in [1.29, 1.82) is 0 Å². The van der Waals surface area contributed by atoms with Gasteiger partial charge in [-0.15, -0.1) is 5.10 Å². The van der Waals surface area contributed by atoms with Crippen LogP contribution < -0.4 is 0 Å². The summed E-state index contributed by atoms with van der Waals surface area (Å²) in [4.78, 5) is 12.0. The number of amides is 1. The van der Waals surface area contributed by atoms with Crippen molar-refractivity contribution in [3.05, 3.63) is 0 Å². The van der Waals surface area contributed by atoms with Crippen LogP contribution in [0.4, 0.5) is 0 Å². The fourth-order valence-corrected chi connectivity index (χ4v) is 1.48. The third-order valence-electron chi connectivity index (χ3n) is 2.82. The van der Waals surface area contributed by atoms with E-state index in [1.165, 1.54) is 5.01 Å². The molecule has 0 aromatic rings. The molecule has 0 aromatic carbocycles. The van der Waals surface area contributed by atoms with Crippen molar-refractivity contribution in [2.24, 2.45) is 16.9 Å².